The molecule has 1 fully saturated rings. The van der Waals surface area contributed by atoms with Crippen molar-refractivity contribution in [2.24, 2.45) is 11.8 Å². The third-order valence-corrected chi connectivity index (χ3v) is 5.41. The number of hydrogen-bond acceptors (Lipinski definition) is 2. The second kappa shape index (κ2) is 6.51. The first-order valence-electron chi connectivity index (χ1n) is 7.70. The van der Waals surface area contributed by atoms with Gasteiger partial charge in [-0.1, -0.05) is 43.6 Å². The van der Waals surface area contributed by atoms with Crippen LogP contribution in [0.15, 0.2) is 41.8 Å². The molecule has 2 atom stereocenters. The van der Waals surface area contributed by atoms with Gasteiger partial charge in [-0.15, -0.1) is 11.3 Å². The minimum Gasteiger partial charge on any atom is -0.302 e. The van der Waals surface area contributed by atoms with Crippen LogP contribution in [0.2, 0.25) is 5.02 Å². The molecule has 1 saturated carbocycles. The van der Waals surface area contributed by atoms with Gasteiger partial charge in [-0.3, -0.25) is 0 Å². The lowest BCUT2D eigenvalue weighted by Crippen LogP contribution is -2.30. The molecule has 1 N–H and O–H groups in total. The second-order valence-electron chi connectivity index (χ2n) is 6.27. The Hall–Kier alpha value is -0.830. The highest BCUT2D eigenvalue weighted by Crippen LogP contribution is 2.43. The number of nitrogens with one attached hydrogen (secondary N) is 1. The van der Waals surface area contributed by atoms with Crippen molar-refractivity contribution in [2.45, 2.75) is 38.8 Å². The average Bonchev–Trinajstić information content (AvgIpc) is 3.16. The van der Waals surface area contributed by atoms with Crippen LogP contribution in [-0.4, -0.2) is 0 Å². The van der Waals surface area contributed by atoms with Crippen LogP contribution >= 0.6 is 22.9 Å². The van der Waals surface area contributed by atoms with Crippen LogP contribution in [0.25, 0.3) is 0 Å². The molecule has 0 amide bonds. The minimum absolute atomic E-state index is 0.422. The summed E-state index contributed by atoms with van der Waals surface area (Å²) in [5, 5.41) is 6.90. The number of halogens is 1. The Morgan fingerprint density at radius 2 is 1.86 bits per heavy atom. The molecule has 0 radical (unpaired) electrons. The lowest BCUT2D eigenvalue weighted by molar-refractivity contribution is 0.346. The SMILES string of the molecule is CC(C)C(NC(c1ccc(Cl)cc1)C1CC1)c1cccs1. The number of thiophene rings is 1. The van der Waals surface area contributed by atoms with E-state index in [-0.39, 0.29) is 0 Å². The van der Waals surface area contributed by atoms with Gasteiger partial charge < -0.3 is 5.32 Å². The molecule has 1 aromatic heterocycles. The molecule has 1 heterocycles. The first kappa shape index (κ1) is 15.1. The summed E-state index contributed by atoms with van der Waals surface area (Å²) in [4.78, 5) is 1.43. The van der Waals surface area contributed by atoms with Crippen LogP contribution in [0.4, 0.5) is 0 Å². The van der Waals surface area contributed by atoms with Gasteiger partial charge in [0.15, 0.2) is 0 Å². The maximum atomic E-state index is 6.03. The summed E-state index contributed by atoms with van der Waals surface area (Å²) in [6.07, 6.45) is 2.66. The fourth-order valence-electron chi connectivity index (χ4n) is 2.87. The van der Waals surface area contributed by atoms with Crippen LogP contribution in [0.3, 0.4) is 0 Å². The van der Waals surface area contributed by atoms with Crippen molar-refractivity contribution in [1.29, 1.82) is 0 Å². The van der Waals surface area contributed by atoms with E-state index in [1.54, 1.807) is 0 Å². The summed E-state index contributed by atoms with van der Waals surface area (Å²) >= 11 is 7.88. The summed E-state index contributed by atoms with van der Waals surface area (Å²) in [6, 6.07) is 13.6. The number of rotatable bonds is 6. The second-order valence-corrected chi connectivity index (χ2v) is 7.69. The van der Waals surface area contributed by atoms with Crippen LogP contribution in [0, 0.1) is 11.8 Å². The zero-order valence-corrected chi connectivity index (χ0v) is 14.1. The van der Waals surface area contributed by atoms with Crippen molar-refractivity contribution < 1.29 is 0 Å². The van der Waals surface area contributed by atoms with E-state index < -0.39 is 0 Å². The minimum atomic E-state index is 0.422. The summed E-state index contributed by atoms with van der Waals surface area (Å²) < 4.78 is 0. The summed E-state index contributed by atoms with van der Waals surface area (Å²) in [5.41, 5.74) is 1.36. The van der Waals surface area contributed by atoms with E-state index in [2.05, 4.69) is 48.8 Å². The molecule has 2 aromatic rings. The Bertz CT molecular complexity index is 557. The van der Waals surface area contributed by atoms with Gasteiger partial charge in [0.05, 0.1) is 0 Å². The number of hydrogen-bond donors (Lipinski definition) is 1. The monoisotopic (exact) mass is 319 g/mol. The van der Waals surface area contributed by atoms with Gasteiger partial charge in [-0.2, -0.15) is 0 Å². The Morgan fingerprint density at radius 3 is 2.38 bits per heavy atom. The third kappa shape index (κ3) is 3.68. The van der Waals surface area contributed by atoms with E-state index in [1.807, 2.05) is 23.5 Å². The maximum absolute atomic E-state index is 6.03. The molecule has 3 heteroatoms. The summed E-state index contributed by atoms with van der Waals surface area (Å²) in [6.45, 7) is 4.59. The fraction of sp³-hybridized carbons (Fsp3) is 0.444. The molecular weight excluding hydrogens is 298 g/mol. The molecule has 0 bridgehead atoms. The molecule has 0 spiro atoms. The number of benzene rings is 1. The van der Waals surface area contributed by atoms with Gasteiger partial charge in [-0.25, -0.2) is 0 Å². The Kier molecular flexibility index (Phi) is 4.68. The molecule has 1 aromatic carbocycles. The lowest BCUT2D eigenvalue weighted by Gasteiger charge is -2.28. The van der Waals surface area contributed by atoms with Crippen LogP contribution in [0.5, 0.6) is 0 Å². The molecule has 0 saturated heterocycles. The van der Waals surface area contributed by atoms with E-state index in [0.29, 0.717) is 18.0 Å². The van der Waals surface area contributed by atoms with E-state index in [4.69, 9.17) is 11.6 Å². The Morgan fingerprint density at radius 1 is 1.14 bits per heavy atom. The van der Waals surface area contributed by atoms with Crippen molar-refractivity contribution in [2.75, 3.05) is 0 Å². The average molecular weight is 320 g/mol. The van der Waals surface area contributed by atoms with Crippen LogP contribution in [0.1, 0.15) is 49.2 Å². The van der Waals surface area contributed by atoms with Gasteiger partial charge in [0.2, 0.25) is 0 Å². The Labute approximate surface area is 136 Å². The molecule has 1 aliphatic carbocycles. The Balaban J connectivity index is 1.82. The molecule has 1 nitrogen and oxygen atoms in total. The van der Waals surface area contributed by atoms with Crippen molar-refractivity contribution in [3.05, 3.63) is 57.2 Å². The summed E-state index contributed by atoms with van der Waals surface area (Å²) in [5.74, 6) is 1.35. The van der Waals surface area contributed by atoms with Crippen molar-refractivity contribution in [3.8, 4) is 0 Å². The van der Waals surface area contributed by atoms with Crippen LogP contribution < -0.4 is 5.32 Å². The smallest absolute Gasteiger partial charge is 0.0442 e. The molecule has 0 aliphatic heterocycles. The predicted molar refractivity (Wildman–Crippen MR) is 92.0 cm³/mol. The summed E-state index contributed by atoms with van der Waals surface area (Å²) in [7, 11) is 0. The van der Waals surface area contributed by atoms with E-state index >= 15 is 0 Å². The molecule has 1 aliphatic rings. The first-order valence-corrected chi connectivity index (χ1v) is 8.96. The van der Waals surface area contributed by atoms with Gasteiger partial charge in [0, 0.05) is 22.0 Å². The first-order chi connectivity index (χ1) is 10.1. The lowest BCUT2D eigenvalue weighted by atomic mass is 9.96. The largest absolute Gasteiger partial charge is 0.302 e. The fourth-order valence-corrected chi connectivity index (χ4v) is 3.95. The van der Waals surface area contributed by atoms with Crippen LogP contribution in [-0.2, 0) is 0 Å². The molecule has 112 valence electrons. The molecule has 2 unspecified atom stereocenters. The van der Waals surface area contributed by atoms with Gasteiger partial charge in [-0.05, 0) is 53.8 Å². The highest BCUT2D eigenvalue weighted by atomic mass is 35.5. The normalized spacial score (nSPS) is 17.9. The molecule has 3 rings (SSSR count). The highest BCUT2D eigenvalue weighted by molar-refractivity contribution is 7.10. The van der Waals surface area contributed by atoms with E-state index in [0.717, 1.165) is 10.9 Å². The highest BCUT2D eigenvalue weighted by Gasteiger charge is 2.34. The van der Waals surface area contributed by atoms with E-state index in [9.17, 15) is 0 Å². The standard InChI is InChI=1S/C18H22ClNS/c1-12(2)17(16-4-3-11-21-16)20-18(13-5-6-13)14-7-9-15(19)10-8-14/h3-4,7-13,17-18,20H,5-6H2,1-2H3. The quantitative estimate of drug-likeness (QED) is 0.705. The van der Waals surface area contributed by atoms with Crippen molar-refractivity contribution in [1.82, 2.24) is 5.32 Å². The zero-order chi connectivity index (χ0) is 14.8. The predicted octanol–water partition coefficient (Wildman–Crippen LogP) is 5.84. The van der Waals surface area contributed by atoms with Crippen molar-refractivity contribution >= 4 is 22.9 Å². The maximum Gasteiger partial charge on any atom is 0.0442 e. The van der Waals surface area contributed by atoms with E-state index in [1.165, 1.54) is 23.3 Å². The van der Waals surface area contributed by atoms with Gasteiger partial charge in [0.1, 0.15) is 0 Å². The molecular formula is C18H22ClNS. The van der Waals surface area contributed by atoms with Gasteiger partial charge >= 0.3 is 0 Å². The van der Waals surface area contributed by atoms with Crippen molar-refractivity contribution in [3.63, 3.8) is 0 Å². The molecule has 21 heavy (non-hydrogen) atoms. The zero-order valence-electron chi connectivity index (χ0n) is 12.6. The third-order valence-electron chi connectivity index (χ3n) is 4.20. The topological polar surface area (TPSA) is 12.0 Å². The van der Waals surface area contributed by atoms with Gasteiger partial charge in [0.25, 0.3) is 0 Å².